The molecule has 27 heavy (non-hydrogen) atoms. The van der Waals surface area contributed by atoms with Gasteiger partial charge in [-0.1, -0.05) is 28.1 Å². The van der Waals surface area contributed by atoms with Crippen molar-refractivity contribution in [3.05, 3.63) is 64.1 Å². The van der Waals surface area contributed by atoms with Crippen LogP contribution in [0.25, 0.3) is 0 Å². The van der Waals surface area contributed by atoms with Gasteiger partial charge in [-0.25, -0.2) is 0 Å². The number of anilines is 1. The third kappa shape index (κ3) is 4.76. The molecule has 2 aromatic rings. The van der Waals surface area contributed by atoms with Gasteiger partial charge in [-0.2, -0.15) is 0 Å². The number of nitrogens with one attached hydrogen (secondary N) is 2. The lowest BCUT2D eigenvalue weighted by Gasteiger charge is -2.16. The molecule has 0 atom stereocenters. The van der Waals surface area contributed by atoms with Crippen molar-refractivity contribution in [1.82, 2.24) is 5.32 Å². The maximum absolute atomic E-state index is 12.5. The van der Waals surface area contributed by atoms with Crippen LogP contribution in [0.1, 0.15) is 35.2 Å². The van der Waals surface area contributed by atoms with E-state index < -0.39 is 5.41 Å². The van der Waals surface area contributed by atoms with Crippen LogP contribution in [-0.4, -0.2) is 32.1 Å². The molecule has 0 radical (unpaired) electrons. The van der Waals surface area contributed by atoms with E-state index in [-0.39, 0.29) is 11.8 Å². The van der Waals surface area contributed by atoms with Crippen molar-refractivity contribution in [3.8, 4) is 0 Å². The number of ether oxygens (including phenoxy) is 1. The fourth-order valence-electron chi connectivity index (χ4n) is 3.04. The Balaban J connectivity index is 1.60. The van der Waals surface area contributed by atoms with Crippen LogP contribution in [0.4, 0.5) is 5.69 Å². The van der Waals surface area contributed by atoms with E-state index >= 15 is 0 Å². The second-order valence-corrected chi connectivity index (χ2v) is 7.64. The van der Waals surface area contributed by atoms with Gasteiger partial charge in [0.2, 0.25) is 5.91 Å². The monoisotopic (exact) mass is 430 g/mol. The average molecular weight is 431 g/mol. The number of amides is 2. The minimum Gasteiger partial charge on any atom is -0.385 e. The highest BCUT2D eigenvalue weighted by atomic mass is 79.9. The number of benzene rings is 2. The molecule has 2 aromatic carbocycles. The fraction of sp³-hybridized carbons (Fsp3) is 0.333. The van der Waals surface area contributed by atoms with Gasteiger partial charge in [-0.3, -0.25) is 9.59 Å². The molecule has 2 N–H and O–H groups in total. The highest BCUT2D eigenvalue weighted by molar-refractivity contribution is 9.10. The van der Waals surface area contributed by atoms with E-state index in [4.69, 9.17) is 4.74 Å². The van der Waals surface area contributed by atoms with Crippen LogP contribution >= 0.6 is 15.9 Å². The zero-order valence-electron chi connectivity index (χ0n) is 15.3. The standard InChI is InChI=1S/C21H23BrN2O3/c1-27-14-2-13-23-20(26)21(11-12-21)16-5-9-18(10-6-16)24-19(25)15-3-7-17(22)8-4-15/h3-10H,2,11-14H2,1H3,(H,23,26)(H,24,25). The molecular formula is C21H23BrN2O3. The van der Waals surface area contributed by atoms with Crippen molar-refractivity contribution in [2.45, 2.75) is 24.7 Å². The maximum Gasteiger partial charge on any atom is 0.255 e. The molecule has 1 aliphatic rings. The van der Waals surface area contributed by atoms with Gasteiger partial charge in [0.05, 0.1) is 5.41 Å². The molecular weight excluding hydrogens is 408 g/mol. The number of hydrogen-bond acceptors (Lipinski definition) is 3. The lowest BCUT2D eigenvalue weighted by atomic mass is 9.94. The molecule has 0 aromatic heterocycles. The van der Waals surface area contributed by atoms with Crippen LogP contribution in [0.15, 0.2) is 53.0 Å². The van der Waals surface area contributed by atoms with Crippen LogP contribution in [0, 0.1) is 0 Å². The first-order valence-corrected chi connectivity index (χ1v) is 9.79. The number of hydrogen-bond donors (Lipinski definition) is 2. The van der Waals surface area contributed by atoms with Crippen LogP contribution in [-0.2, 0) is 14.9 Å². The summed E-state index contributed by atoms with van der Waals surface area (Å²) < 4.78 is 5.93. The summed E-state index contributed by atoms with van der Waals surface area (Å²) in [5.74, 6) is -0.0856. The molecule has 0 bridgehead atoms. The molecule has 1 fully saturated rings. The summed E-state index contributed by atoms with van der Waals surface area (Å²) in [6.07, 6.45) is 2.51. The third-order valence-electron chi connectivity index (χ3n) is 4.80. The minimum atomic E-state index is -0.415. The molecule has 6 heteroatoms. The quantitative estimate of drug-likeness (QED) is 0.624. The van der Waals surface area contributed by atoms with Gasteiger partial charge in [0, 0.05) is 36.0 Å². The van der Waals surface area contributed by atoms with Gasteiger partial charge in [-0.05, 0) is 61.2 Å². The molecule has 0 unspecified atom stereocenters. The molecule has 0 spiro atoms. The Morgan fingerprint density at radius 2 is 1.74 bits per heavy atom. The van der Waals surface area contributed by atoms with Crippen molar-refractivity contribution >= 4 is 33.4 Å². The first-order chi connectivity index (χ1) is 13.0. The highest BCUT2D eigenvalue weighted by Gasteiger charge is 2.50. The second kappa shape index (κ2) is 8.67. The Morgan fingerprint density at radius 1 is 1.07 bits per heavy atom. The molecule has 142 valence electrons. The van der Waals surface area contributed by atoms with E-state index in [9.17, 15) is 9.59 Å². The summed E-state index contributed by atoms with van der Waals surface area (Å²) in [7, 11) is 1.65. The number of carbonyl (C=O) groups excluding carboxylic acids is 2. The predicted octanol–water partition coefficient (Wildman–Crippen LogP) is 3.89. The minimum absolute atomic E-state index is 0.0743. The lowest BCUT2D eigenvalue weighted by Crippen LogP contribution is -2.35. The van der Waals surface area contributed by atoms with Gasteiger partial charge in [0.1, 0.15) is 0 Å². The molecule has 0 aliphatic heterocycles. The zero-order chi connectivity index (χ0) is 19.3. The predicted molar refractivity (Wildman–Crippen MR) is 109 cm³/mol. The Kier molecular flexibility index (Phi) is 6.29. The van der Waals surface area contributed by atoms with Gasteiger partial charge in [0.15, 0.2) is 0 Å². The van der Waals surface area contributed by atoms with Crippen molar-refractivity contribution < 1.29 is 14.3 Å². The smallest absolute Gasteiger partial charge is 0.255 e. The average Bonchev–Trinajstić information content (AvgIpc) is 3.48. The first kappa shape index (κ1) is 19.6. The molecule has 5 nitrogen and oxygen atoms in total. The van der Waals surface area contributed by atoms with E-state index in [1.54, 1.807) is 19.2 Å². The van der Waals surface area contributed by atoms with E-state index in [1.807, 2.05) is 36.4 Å². The summed E-state index contributed by atoms with van der Waals surface area (Å²) in [6, 6.07) is 14.8. The third-order valence-corrected chi connectivity index (χ3v) is 5.33. The van der Waals surface area contributed by atoms with Crippen LogP contribution in [0.2, 0.25) is 0 Å². The summed E-state index contributed by atoms with van der Waals surface area (Å²) in [5, 5.41) is 5.88. The Labute approximate surface area is 167 Å². The fourth-order valence-corrected chi connectivity index (χ4v) is 3.30. The normalized spacial score (nSPS) is 14.4. The van der Waals surface area contributed by atoms with Crippen LogP contribution in [0.3, 0.4) is 0 Å². The molecule has 1 saturated carbocycles. The first-order valence-electron chi connectivity index (χ1n) is 9.00. The Bertz CT molecular complexity index is 799. The molecule has 1 aliphatic carbocycles. The zero-order valence-corrected chi connectivity index (χ0v) is 16.8. The maximum atomic E-state index is 12.5. The Hall–Kier alpha value is -2.18. The van der Waals surface area contributed by atoms with E-state index in [0.717, 1.165) is 29.3 Å². The molecule has 0 heterocycles. The van der Waals surface area contributed by atoms with Crippen molar-refractivity contribution in [1.29, 1.82) is 0 Å². The number of halogens is 1. The summed E-state index contributed by atoms with van der Waals surface area (Å²) in [4.78, 5) is 24.8. The second-order valence-electron chi connectivity index (χ2n) is 6.72. The van der Waals surface area contributed by atoms with E-state index in [1.165, 1.54) is 0 Å². The number of rotatable bonds is 8. The van der Waals surface area contributed by atoms with Gasteiger partial charge < -0.3 is 15.4 Å². The van der Waals surface area contributed by atoms with Gasteiger partial charge >= 0.3 is 0 Å². The van der Waals surface area contributed by atoms with E-state index in [0.29, 0.717) is 24.4 Å². The van der Waals surface area contributed by atoms with Crippen molar-refractivity contribution in [2.75, 3.05) is 25.6 Å². The number of methoxy groups -OCH3 is 1. The molecule has 2 amide bonds. The largest absolute Gasteiger partial charge is 0.385 e. The Morgan fingerprint density at radius 3 is 2.33 bits per heavy atom. The highest BCUT2D eigenvalue weighted by Crippen LogP contribution is 2.48. The molecule has 3 rings (SSSR count). The van der Waals surface area contributed by atoms with E-state index in [2.05, 4.69) is 26.6 Å². The topological polar surface area (TPSA) is 67.4 Å². The van der Waals surface area contributed by atoms with Crippen LogP contribution in [0.5, 0.6) is 0 Å². The van der Waals surface area contributed by atoms with Gasteiger partial charge in [0.25, 0.3) is 5.91 Å². The summed E-state index contributed by atoms with van der Waals surface area (Å²) in [6.45, 7) is 1.26. The summed E-state index contributed by atoms with van der Waals surface area (Å²) >= 11 is 3.36. The van der Waals surface area contributed by atoms with Gasteiger partial charge in [-0.15, -0.1) is 0 Å². The van der Waals surface area contributed by atoms with Crippen LogP contribution < -0.4 is 10.6 Å². The molecule has 0 saturated heterocycles. The number of carbonyl (C=O) groups is 2. The summed E-state index contributed by atoms with van der Waals surface area (Å²) in [5.41, 5.74) is 1.88. The lowest BCUT2D eigenvalue weighted by molar-refractivity contribution is -0.123. The SMILES string of the molecule is COCCCNC(=O)C1(c2ccc(NC(=O)c3ccc(Br)cc3)cc2)CC1. The van der Waals surface area contributed by atoms with Crippen molar-refractivity contribution in [3.63, 3.8) is 0 Å². The van der Waals surface area contributed by atoms with Crippen molar-refractivity contribution in [2.24, 2.45) is 0 Å².